The van der Waals surface area contributed by atoms with Crippen molar-refractivity contribution in [1.82, 2.24) is 14.8 Å². The maximum absolute atomic E-state index is 9.82. The molecule has 0 spiro atoms. The smallest absolute Gasteiger partial charge is 0.158 e. The molecule has 0 saturated heterocycles. The lowest BCUT2D eigenvalue weighted by Crippen LogP contribution is -2.01. The molecule has 6 heteroatoms. The van der Waals surface area contributed by atoms with Crippen LogP contribution in [0.25, 0.3) is 28.3 Å². The summed E-state index contributed by atoms with van der Waals surface area (Å²) in [6.07, 6.45) is 1.71. The van der Waals surface area contributed by atoms with Gasteiger partial charge in [-0.15, -0.1) is 0 Å². The number of hydrogen-bond acceptors (Lipinski definition) is 5. The maximum Gasteiger partial charge on any atom is 0.158 e. The molecule has 3 aromatic heterocycles. The molecule has 2 N–H and O–H groups in total. The van der Waals surface area contributed by atoms with Gasteiger partial charge in [-0.2, -0.15) is 16.4 Å². The lowest BCUT2D eigenvalue weighted by Gasteiger charge is -2.07. The van der Waals surface area contributed by atoms with Crippen LogP contribution in [0.3, 0.4) is 0 Å². The van der Waals surface area contributed by atoms with Gasteiger partial charge in [-0.3, -0.25) is 0 Å². The third-order valence-electron chi connectivity index (χ3n) is 3.66. The molecule has 0 aliphatic carbocycles. The van der Waals surface area contributed by atoms with Gasteiger partial charge in [-0.25, -0.2) is 9.67 Å². The van der Waals surface area contributed by atoms with Crippen molar-refractivity contribution in [3.63, 3.8) is 0 Å². The summed E-state index contributed by atoms with van der Waals surface area (Å²) in [5.41, 5.74) is 3.37. The fraction of sp³-hybridized carbons (Fsp3) is 0. The largest absolute Gasteiger partial charge is 0.504 e. The normalized spacial score (nSPS) is 10.8. The highest BCUT2D eigenvalue weighted by atomic mass is 32.1. The van der Waals surface area contributed by atoms with Crippen LogP contribution in [0.1, 0.15) is 0 Å². The fourth-order valence-electron chi connectivity index (χ4n) is 2.47. The number of pyridine rings is 1. The maximum atomic E-state index is 9.82. The number of aromatic nitrogens is 3. The van der Waals surface area contributed by atoms with Gasteiger partial charge in [-0.05, 0) is 47.8 Å². The Morgan fingerprint density at radius 3 is 2.54 bits per heavy atom. The molecule has 0 bridgehead atoms. The Morgan fingerprint density at radius 2 is 1.83 bits per heavy atom. The Hall–Kier alpha value is -3.12. The van der Waals surface area contributed by atoms with Gasteiger partial charge in [0.15, 0.2) is 17.3 Å². The first-order chi connectivity index (χ1) is 11.7. The minimum absolute atomic E-state index is 0.152. The fourth-order valence-corrected chi connectivity index (χ4v) is 3.12. The van der Waals surface area contributed by atoms with Crippen LogP contribution in [0.15, 0.2) is 65.5 Å². The number of phenols is 2. The SMILES string of the molecule is Oc1ccc(-c2cc(-c3ccsc3)nn2-c2ccccn2)cc1O. The Labute approximate surface area is 142 Å². The second kappa shape index (κ2) is 5.82. The Morgan fingerprint density at radius 1 is 0.917 bits per heavy atom. The molecule has 118 valence electrons. The van der Waals surface area contributed by atoms with Gasteiger partial charge in [0.1, 0.15) is 0 Å². The molecule has 5 nitrogen and oxygen atoms in total. The summed E-state index contributed by atoms with van der Waals surface area (Å²) in [4.78, 5) is 4.36. The second-order valence-electron chi connectivity index (χ2n) is 5.23. The van der Waals surface area contributed by atoms with Crippen LogP contribution in [-0.4, -0.2) is 25.0 Å². The molecule has 0 aliphatic heterocycles. The number of nitrogens with zero attached hydrogens (tertiary/aromatic N) is 3. The van der Waals surface area contributed by atoms with Gasteiger partial charge < -0.3 is 10.2 Å². The molecule has 24 heavy (non-hydrogen) atoms. The van der Waals surface area contributed by atoms with Crippen LogP contribution < -0.4 is 0 Å². The molecule has 1 aromatic carbocycles. The van der Waals surface area contributed by atoms with Crippen molar-refractivity contribution in [2.75, 3.05) is 0 Å². The van der Waals surface area contributed by atoms with Crippen molar-refractivity contribution < 1.29 is 10.2 Å². The van der Waals surface area contributed by atoms with Crippen molar-refractivity contribution in [3.8, 4) is 39.8 Å². The van der Waals surface area contributed by atoms with Crippen molar-refractivity contribution >= 4 is 11.3 Å². The number of hydrogen-bond donors (Lipinski definition) is 2. The average Bonchev–Trinajstić information content (AvgIpc) is 3.27. The van der Waals surface area contributed by atoms with E-state index in [9.17, 15) is 10.2 Å². The number of phenolic OH excluding ortho intramolecular Hbond substituents is 2. The first kappa shape index (κ1) is 14.5. The van der Waals surface area contributed by atoms with Crippen molar-refractivity contribution in [2.24, 2.45) is 0 Å². The van der Waals surface area contributed by atoms with E-state index in [0.717, 1.165) is 22.5 Å². The van der Waals surface area contributed by atoms with Crippen LogP contribution in [0, 0.1) is 0 Å². The minimum Gasteiger partial charge on any atom is -0.504 e. The van der Waals surface area contributed by atoms with Crippen LogP contribution in [0.5, 0.6) is 11.5 Å². The summed E-state index contributed by atoms with van der Waals surface area (Å²) in [7, 11) is 0. The molecule has 4 rings (SSSR count). The lowest BCUT2D eigenvalue weighted by molar-refractivity contribution is 0.404. The Bertz CT molecular complexity index is 979. The second-order valence-corrected chi connectivity index (χ2v) is 6.01. The van der Waals surface area contributed by atoms with E-state index in [1.54, 1.807) is 28.3 Å². The predicted molar refractivity (Wildman–Crippen MR) is 93.4 cm³/mol. The van der Waals surface area contributed by atoms with E-state index in [0.29, 0.717) is 5.82 Å². The lowest BCUT2D eigenvalue weighted by atomic mass is 10.1. The zero-order valence-electron chi connectivity index (χ0n) is 12.5. The van der Waals surface area contributed by atoms with Gasteiger partial charge in [0.2, 0.25) is 0 Å². The highest BCUT2D eigenvalue weighted by molar-refractivity contribution is 7.08. The van der Waals surface area contributed by atoms with E-state index < -0.39 is 0 Å². The molecule has 3 heterocycles. The summed E-state index contributed by atoms with van der Waals surface area (Å²) >= 11 is 1.61. The molecule has 0 aliphatic rings. The van der Waals surface area contributed by atoms with Crippen LogP contribution >= 0.6 is 11.3 Å². The average molecular weight is 335 g/mol. The van der Waals surface area contributed by atoms with Crippen molar-refractivity contribution in [3.05, 3.63) is 65.5 Å². The highest BCUT2D eigenvalue weighted by Gasteiger charge is 2.15. The summed E-state index contributed by atoms with van der Waals surface area (Å²) in [6, 6.07) is 14.3. The summed E-state index contributed by atoms with van der Waals surface area (Å²) in [5, 5.41) is 28.1. The standard InChI is InChI=1S/C18H13N3O2S/c22-16-5-4-12(9-17(16)23)15-10-14(13-6-8-24-11-13)20-21(15)18-3-1-2-7-19-18/h1-11,22-23H. The quantitative estimate of drug-likeness (QED) is 0.554. The molecule has 4 aromatic rings. The van der Waals surface area contributed by atoms with Gasteiger partial charge >= 0.3 is 0 Å². The molecule has 0 fully saturated rings. The minimum atomic E-state index is -0.168. The molecular formula is C18H13N3O2S. The number of thiophene rings is 1. The first-order valence-corrected chi connectivity index (χ1v) is 8.23. The Balaban J connectivity index is 1.92. The van der Waals surface area contributed by atoms with Crippen molar-refractivity contribution in [1.29, 1.82) is 0 Å². The van der Waals surface area contributed by atoms with Gasteiger partial charge in [0, 0.05) is 22.7 Å². The van der Waals surface area contributed by atoms with E-state index in [4.69, 9.17) is 0 Å². The van der Waals surface area contributed by atoms with E-state index in [2.05, 4.69) is 10.1 Å². The highest BCUT2D eigenvalue weighted by Crippen LogP contribution is 2.33. The third-order valence-corrected chi connectivity index (χ3v) is 4.35. The molecule has 0 radical (unpaired) electrons. The van der Waals surface area contributed by atoms with Crippen LogP contribution in [-0.2, 0) is 0 Å². The number of benzene rings is 1. The topological polar surface area (TPSA) is 71.2 Å². The zero-order chi connectivity index (χ0) is 16.5. The van der Waals surface area contributed by atoms with E-state index in [1.807, 2.05) is 41.1 Å². The van der Waals surface area contributed by atoms with Gasteiger partial charge in [0.25, 0.3) is 0 Å². The van der Waals surface area contributed by atoms with E-state index in [-0.39, 0.29) is 11.5 Å². The first-order valence-electron chi connectivity index (χ1n) is 7.29. The van der Waals surface area contributed by atoms with E-state index in [1.165, 1.54) is 12.1 Å². The number of rotatable bonds is 3. The summed E-state index contributed by atoms with van der Waals surface area (Å²) < 4.78 is 1.73. The van der Waals surface area contributed by atoms with Crippen molar-refractivity contribution in [2.45, 2.75) is 0 Å². The Kier molecular flexibility index (Phi) is 3.51. The van der Waals surface area contributed by atoms with Gasteiger partial charge in [0.05, 0.1) is 11.4 Å². The molecule has 0 amide bonds. The van der Waals surface area contributed by atoms with E-state index >= 15 is 0 Å². The molecular weight excluding hydrogens is 322 g/mol. The molecule has 0 unspecified atom stereocenters. The third kappa shape index (κ3) is 2.53. The summed E-state index contributed by atoms with van der Waals surface area (Å²) in [5.74, 6) is 0.362. The zero-order valence-corrected chi connectivity index (χ0v) is 13.3. The number of aromatic hydroxyl groups is 2. The molecule has 0 saturated carbocycles. The predicted octanol–water partition coefficient (Wildman–Crippen LogP) is 4.07. The summed E-state index contributed by atoms with van der Waals surface area (Å²) in [6.45, 7) is 0. The monoisotopic (exact) mass is 335 g/mol. The molecule has 0 atom stereocenters. The van der Waals surface area contributed by atoms with Crippen LogP contribution in [0.2, 0.25) is 0 Å². The van der Waals surface area contributed by atoms with Crippen LogP contribution in [0.4, 0.5) is 0 Å². The van der Waals surface area contributed by atoms with Gasteiger partial charge in [-0.1, -0.05) is 6.07 Å².